The zero-order valence-corrected chi connectivity index (χ0v) is 22.5. The molecule has 188 valence electrons. The lowest BCUT2D eigenvalue weighted by Gasteiger charge is -2.40. The average molecular weight is 490 g/mol. The minimum atomic E-state index is -0.137. The van der Waals surface area contributed by atoms with Gasteiger partial charge in [0.05, 0.1) is 24.9 Å². The summed E-state index contributed by atoms with van der Waals surface area (Å²) in [5, 5.41) is 8.16. The zero-order chi connectivity index (χ0) is 25.0. The van der Waals surface area contributed by atoms with E-state index < -0.39 is 0 Å². The number of hydrogen-bond acceptors (Lipinski definition) is 5. The van der Waals surface area contributed by atoms with Gasteiger partial charge in [-0.15, -0.1) is 0 Å². The molecule has 1 saturated carbocycles. The van der Waals surface area contributed by atoms with Crippen molar-refractivity contribution in [1.82, 2.24) is 20.0 Å². The topological polar surface area (TPSA) is 62.6 Å². The van der Waals surface area contributed by atoms with E-state index >= 15 is 0 Å². The molecule has 0 aliphatic heterocycles. The van der Waals surface area contributed by atoms with Crippen molar-refractivity contribution in [2.24, 2.45) is 7.05 Å². The SMILES string of the molecule is CCc1nn(C)c(OC)c1CNC(=O)c1cc(Cl)cc(N(CC)[C@H]2CC[C@H](N(C)C)CC2)c1C. The van der Waals surface area contributed by atoms with Crippen LogP contribution in [0.5, 0.6) is 5.88 Å². The highest BCUT2D eigenvalue weighted by Crippen LogP contribution is 2.34. The number of nitrogens with zero attached hydrogens (tertiary/aromatic N) is 4. The quantitative estimate of drug-likeness (QED) is 0.558. The number of carbonyl (C=O) groups is 1. The molecular weight excluding hydrogens is 450 g/mol. The Morgan fingerprint density at radius 1 is 1.21 bits per heavy atom. The van der Waals surface area contributed by atoms with Gasteiger partial charge in [0, 0.05) is 41.9 Å². The van der Waals surface area contributed by atoms with Gasteiger partial charge in [0.2, 0.25) is 5.88 Å². The van der Waals surface area contributed by atoms with E-state index in [4.69, 9.17) is 16.3 Å². The first kappa shape index (κ1) is 26.4. The first-order valence-electron chi connectivity index (χ1n) is 12.3. The number of hydrogen-bond donors (Lipinski definition) is 1. The van der Waals surface area contributed by atoms with Gasteiger partial charge in [-0.1, -0.05) is 18.5 Å². The van der Waals surface area contributed by atoms with Crippen molar-refractivity contribution in [3.05, 3.63) is 39.5 Å². The van der Waals surface area contributed by atoms with Gasteiger partial charge in [0.15, 0.2) is 0 Å². The molecule has 0 saturated heterocycles. The summed E-state index contributed by atoms with van der Waals surface area (Å²) in [5.74, 6) is 0.535. The van der Waals surface area contributed by atoms with Crippen LogP contribution in [0.1, 0.15) is 66.7 Å². The summed E-state index contributed by atoms with van der Waals surface area (Å²) >= 11 is 6.54. The van der Waals surface area contributed by atoms with E-state index in [0.717, 1.165) is 48.3 Å². The van der Waals surface area contributed by atoms with Gasteiger partial charge in [-0.05, 0) is 77.7 Å². The molecule has 34 heavy (non-hydrogen) atoms. The fraction of sp³-hybridized carbons (Fsp3) is 0.615. The van der Waals surface area contributed by atoms with Crippen LogP contribution < -0.4 is 15.0 Å². The number of methoxy groups -OCH3 is 1. The van der Waals surface area contributed by atoms with Crippen LogP contribution in [0, 0.1) is 6.92 Å². The first-order valence-corrected chi connectivity index (χ1v) is 12.7. The highest BCUT2D eigenvalue weighted by atomic mass is 35.5. The summed E-state index contributed by atoms with van der Waals surface area (Å²) in [4.78, 5) is 18.1. The molecule has 0 bridgehead atoms. The first-order chi connectivity index (χ1) is 16.2. The molecule has 1 aromatic carbocycles. The van der Waals surface area contributed by atoms with E-state index in [1.54, 1.807) is 17.9 Å². The molecule has 1 amide bonds. The second kappa shape index (κ2) is 11.5. The molecule has 1 aromatic heterocycles. The molecule has 1 fully saturated rings. The van der Waals surface area contributed by atoms with E-state index in [1.165, 1.54) is 12.8 Å². The van der Waals surface area contributed by atoms with E-state index in [-0.39, 0.29) is 5.91 Å². The molecule has 0 spiro atoms. The van der Waals surface area contributed by atoms with Crippen LogP contribution >= 0.6 is 11.6 Å². The molecule has 3 rings (SSSR count). The summed E-state index contributed by atoms with van der Waals surface area (Å²) in [7, 11) is 7.81. The van der Waals surface area contributed by atoms with Crippen molar-refractivity contribution in [2.75, 3.05) is 32.6 Å². The van der Waals surface area contributed by atoms with Crippen molar-refractivity contribution in [2.45, 2.75) is 71.5 Å². The van der Waals surface area contributed by atoms with Crippen LogP contribution in [0.2, 0.25) is 5.02 Å². The number of anilines is 1. The third kappa shape index (κ3) is 5.52. The van der Waals surface area contributed by atoms with Crippen molar-refractivity contribution < 1.29 is 9.53 Å². The molecule has 1 aliphatic carbocycles. The third-order valence-corrected chi connectivity index (χ3v) is 7.42. The second-order valence-electron chi connectivity index (χ2n) is 9.40. The molecule has 2 aromatic rings. The van der Waals surface area contributed by atoms with E-state index in [2.05, 4.69) is 41.2 Å². The number of benzene rings is 1. The Bertz CT molecular complexity index is 996. The number of carbonyl (C=O) groups excluding carboxylic acids is 1. The Hall–Kier alpha value is -2.25. The van der Waals surface area contributed by atoms with Crippen molar-refractivity contribution >= 4 is 23.2 Å². The van der Waals surface area contributed by atoms with Gasteiger partial charge in [0.25, 0.3) is 5.91 Å². The molecule has 0 unspecified atom stereocenters. The maximum atomic E-state index is 13.3. The van der Waals surface area contributed by atoms with Crippen LogP contribution in [0.4, 0.5) is 5.69 Å². The van der Waals surface area contributed by atoms with Crippen molar-refractivity contribution in [3.8, 4) is 5.88 Å². The predicted octanol–water partition coefficient (Wildman–Crippen LogP) is 4.58. The number of rotatable bonds is 9. The summed E-state index contributed by atoms with van der Waals surface area (Å²) < 4.78 is 7.23. The summed E-state index contributed by atoms with van der Waals surface area (Å²) in [6.07, 6.45) is 5.43. The molecule has 0 atom stereocenters. The Balaban J connectivity index is 1.81. The number of aromatic nitrogens is 2. The maximum Gasteiger partial charge on any atom is 0.251 e. The lowest BCUT2D eigenvalue weighted by Crippen LogP contribution is -2.42. The standard InChI is InChI=1S/C26H40ClN5O2/c1-8-23-22(26(34-7)31(6)29-23)16-28-25(33)21-14-18(27)15-24(17(21)3)32(9-2)20-12-10-19(11-13-20)30(4)5/h14-15,19-20H,8-13,16H2,1-7H3,(H,28,33)/t19-,20-. The minimum absolute atomic E-state index is 0.137. The molecule has 7 nitrogen and oxygen atoms in total. The Labute approximate surface area is 209 Å². The smallest absolute Gasteiger partial charge is 0.251 e. The lowest BCUT2D eigenvalue weighted by molar-refractivity contribution is 0.0950. The zero-order valence-electron chi connectivity index (χ0n) is 21.7. The van der Waals surface area contributed by atoms with Crippen LogP contribution in [0.3, 0.4) is 0 Å². The molecule has 8 heteroatoms. The maximum absolute atomic E-state index is 13.3. The van der Waals surface area contributed by atoms with Crippen molar-refractivity contribution in [3.63, 3.8) is 0 Å². The number of halogens is 1. The van der Waals surface area contributed by atoms with Gasteiger partial charge >= 0.3 is 0 Å². The number of ether oxygens (including phenoxy) is 1. The van der Waals surface area contributed by atoms with Gasteiger partial charge in [-0.2, -0.15) is 5.10 Å². The van der Waals surface area contributed by atoms with Gasteiger partial charge in [-0.3, -0.25) is 4.79 Å². The molecular formula is C26H40ClN5O2. The normalized spacial score (nSPS) is 18.3. The van der Waals surface area contributed by atoms with Crippen LogP contribution in [0.25, 0.3) is 0 Å². The number of aryl methyl sites for hydroxylation is 2. The largest absolute Gasteiger partial charge is 0.481 e. The van der Waals surface area contributed by atoms with Gasteiger partial charge in [-0.25, -0.2) is 4.68 Å². The Kier molecular flexibility index (Phi) is 8.88. The fourth-order valence-electron chi connectivity index (χ4n) is 5.30. The summed E-state index contributed by atoms with van der Waals surface area (Å²) in [6, 6.07) is 4.89. The van der Waals surface area contributed by atoms with E-state index in [9.17, 15) is 4.79 Å². The van der Waals surface area contributed by atoms with Crippen molar-refractivity contribution in [1.29, 1.82) is 0 Å². The molecule has 0 radical (unpaired) electrons. The highest BCUT2D eigenvalue weighted by molar-refractivity contribution is 6.31. The van der Waals surface area contributed by atoms with Crippen LogP contribution in [-0.4, -0.2) is 60.4 Å². The van der Waals surface area contributed by atoms with E-state index in [0.29, 0.717) is 35.1 Å². The average Bonchev–Trinajstić information content (AvgIpc) is 3.14. The molecule has 1 heterocycles. The Morgan fingerprint density at radius 2 is 1.85 bits per heavy atom. The van der Waals surface area contributed by atoms with Gasteiger partial charge < -0.3 is 19.9 Å². The number of nitrogens with one attached hydrogen (secondary N) is 1. The Morgan fingerprint density at radius 3 is 2.41 bits per heavy atom. The monoisotopic (exact) mass is 489 g/mol. The molecule has 1 aliphatic rings. The predicted molar refractivity (Wildman–Crippen MR) is 139 cm³/mol. The second-order valence-corrected chi connectivity index (χ2v) is 9.84. The van der Waals surface area contributed by atoms with Gasteiger partial charge in [0.1, 0.15) is 0 Å². The van der Waals surface area contributed by atoms with Crippen LogP contribution in [-0.2, 0) is 20.0 Å². The third-order valence-electron chi connectivity index (χ3n) is 7.20. The fourth-order valence-corrected chi connectivity index (χ4v) is 5.51. The highest BCUT2D eigenvalue weighted by Gasteiger charge is 2.28. The molecule has 1 N–H and O–H groups in total. The summed E-state index contributed by atoms with van der Waals surface area (Å²) in [6.45, 7) is 7.49. The van der Waals surface area contributed by atoms with Crippen LogP contribution in [0.15, 0.2) is 12.1 Å². The number of amides is 1. The minimum Gasteiger partial charge on any atom is -0.481 e. The summed E-state index contributed by atoms with van der Waals surface area (Å²) in [5.41, 5.74) is 4.47. The van der Waals surface area contributed by atoms with E-state index in [1.807, 2.05) is 27.0 Å². The lowest BCUT2D eigenvalue weighted by atomic mass is 9.89.